The lowest BCUT2D eigenvalue weighted by Crippen LogP contribution is -2.37. The highest BCUT2D eigenvalue weighted by molar-refractivity contribution is 9.10. The predicted molar refractivity (Wildman–Crippen MR) is 101 cm³/mol. The molecule has 1 amide bonds. The maximum absolute atomic E-state index is 12.5. The van der Waals surface area contributed by atoms with E-state index >= 15 is 0 Å². The Morgan fingerprint density at radius 2 is 2.08 bits per heavy atom. The lowest BCUT2D eigenvalue weighted by molar-refractivity contribution is 0.0908. The Morgan fingerprint density at radius 3 is 2.76 bits per heavy atom. The van der Waals surface area contributed by atoms with E-state index in [0.717, 1.165) is 21.1 Å². The highest BCUT2D eigenvalue weighted by atomic mass is 79.9. The number of rotatable bonds is 6. The van der Waals surface area contributed by atoms with Gasteiger partial charge in [-0.1, -0.05) is 35.0 Å². The molecule has 2 heterocycles. The molecule has 5 nitrogen and oxygen atoms in total. The zero-order chi connectivity index (χ0) is 17.8. The molecular weight excluding hydrogens is 382 g/mol. The largest absolute Gasteiger partial charge is 0.394 e. The highest BCUT2D eigenvalue weighted by Crippen LogP contribution is 2.19. The van der Waals surface area contributed by atoms with Crippen LogP contribution in [-0.4, -0.2) is 33.3 Å². The van der Waals surface area contributed by atoms with Gasteiger partial charge >= 0.3 is 0 Å². The Balaban J connectivity index is 1.93. The first kappa shape index (κ1) is 17.6. The van der Waals surface area contributed by atoms with Gasteiger partial charge in [-0.25, -0.2) is 4.52 Å². The van der Waals surface area contributed by atoms with E-state index < -0.39 is 0 Å². The minimum atomic E-state index is -0.270. The number of hydrogen-bond donors (Lipinski definition) is 2. The number of fused-ring (bicyclic) bond motifs is 1. The molecule has 130 valence electrons. The fourth-order valence-corrected chi connectivity index (χ4v) is 2.97. The van der Waals surface area contributed by atoms with Crippen molar-refractivity contribution in [2.75, 3.05) is 6.61 Å². The Labute approximate surface area is 154 Å². The third-order valence-electron chi connectivity index (χ3n) is 4.17. The second kappa shape index (κ2) is 7.80. The number of carbonyl (C=O) groups is 1. The maximum atomic E-state index is 12.5. The van der Waals surface area contributed by atoms with Crippen LogP contribution in [-0.2, 0) is 6.42 Å². The molecule has 0 fully saturated rings. The zero-order valence-electron chi connectivity index (χ0n) is 13.9. The van der Waals surface area contributed by atoms with Gasteiger partial charge in [0.25, 0.3) is 5.91 Å². The van der Waals surface area contributed by atoms with Crippen molar-refractivity contribution in [2.24, 2.45) is 0 Å². The van der Waals surface area contributed by atoms with Gasteiger partial charge in [-0.05, 0) is 54.3 Å². The molecule has 2 aromatic heterocycles. The average molecular weight is 402 g/mol. The van der Waals surface area contributed by atoms with Crippen LogP contribution in [0.4, 0.5) is 0 Å². The number of amides is 1. The molecule has 3 rings (SSSR count). The van der Waals surface area contributed by atoms with Crippen LogP contribution in [0, 0.1) is 0 Å². The van der Waals surface area contributed by atoms with Crippen LogP contribution < -0.4 is 5.32 Å². The fraction of sp³-hybridized carbons (Fsp3) is 0.263. The van der Waals surface area contributed by atoms with E-state index in [1.54, 1.807) is 4.52 Å². The van der Waals surface area contributed by atoms with Crippen molar-refractivity contribution in [2.45, 2.75) is 25.8 Å². The minimum absolute atomic E-state index is 0.0836. The molecule has 1 atom stereocenters. The summed E-state index contributed by atoms with van der Waals surface area (Å²) in [7, 11) is 0. The van der Waals surface area contributed by atoms with E-state index in [-0.39, 0.29) is 18.6 Å². The van der Waals surface area contributed by atoms with Gasteiger partial charge in [-0.15, -0.1) is 0 Å². The van der Waals surface area contributed by atoms with Crippen molar-refractivity contribution in [3.8, 4) is 0 Å². The average Bonchev–Trinajstić information content (AvgIpc) is 3.10. The first-order valence-corrected chi connectivity index (χ1v) is 9.03. The van der Waals surface area contributed by atoms with E-state index in [0.29, 0.717) is 18.5 Å². The van der Waals surface area contributed by atoms with Crippen LogP contribution in [0.2, 0.25) is 0 Å². The van der Waals surface area contributed by atoms with Crippen molar-refractivity contribution in [1.82, 2.24) is 14.9 Å². The zero-order valence-corrected chi connectivity index (χ0v) is 15.5. The molecule has 1 aromatic carbocycles. The fourth-order valence-electron chi connectivity index (χ4n) is 2.71. The molecular formula is C19H20BrN3O2. The number of nitrogens with zero attached hydrogens (tertiary/aromatic N) is 2. The molecule has 1 unspecified atom stereocenters. The van der Waals surface area contributed by atoms with E-state index in [4.69, 9.17) is 0 Å². The summed E-state index contributed by atoms with van der Waals surface area (Å²) in [6.07, 6.45) is 3.21. The Kier molecular flexibility index (Phi) is 5.50. The number of aliphatic hydroxyl groups is 1. The molecule has 0 saturated carbocycles. The molecule has 0 aliphatic heterocycles. The van der Waals surface area contributed by atoms with Gasteiger partial charge in [-0.2, -0.15) is 5.10 Å². The second-order valence-corrected chi connectivity index (χ2v) is 6.87. The molecule has 3 aromatic rings. The maximum Gasteiger partial charge on any atom is 0.272 e. The Bertz CT molecular complexity index is 870. The lowest BCUT2D eigenvalue weighted by atomic mass is 10.0. The molecule has 6 heteroatoms. The molecule has 0 aliphatic carbocycles. The summed E-state index contributed by atoms with van der Waals surface area (Å²) in [5.41, 5.74) is 3.52. The van der Waals surface area contributed by atoms with E-state index in [1.807, 2.05) is 43.5 Å². The van der Waals surface area contributed by atoms with Crippen LogP contribution in [0.25, 0.3) is 5.52 Å². The lowest BCUT2D eigenvalue weighted by Gasteiger charge is -2.14. The quantitative estimate of drug-likeness (QED) is 0.666. The van der Waals surface area contributed by atoms with Crippen LogP contribution >= 0.6 is 15.9 Å². The molecule has 2 N–H and O–H groups in total. The first-order valence-electron chi connectivity index (χ1n) is 8.24. The summed E-state index contributed by atoms with van der Waals surface area (Å²) >= 11 is 3.44. The van der Waals surface area contributed by atoms with Crippen molar-refractivity contribution in [1.29, 1.82) is 0 Å². The normalized spacial score (nSPS) is 12.3. The SMILES string of the molecule is CCC(CO)NC(=O)c1cc(Cc2ccc(Br)cc2)c2cccn2n1. The number of aromatic nitrogens is 2. The number of aliphatic hydroxyl groups excluding tert-OH is 1. The van der Waals surface area contributed by atoms with Gasteiger partial charge in [0.1, 0.15) is 5.69 Å². The van der Waals surface area contributed by atoms with Gasteiger partial charge in [0.15, 0.2) is 0 Å². The van der Waals surface area contributed by atoms with Gasteiger partial charge in [0.05, 0.1) is 18.2 Å². The Morgan fingerprint density at radius 1 is 1.32 bits per heavy atom. The van der Waals surface area contributed by atoms with Gasteiger partial charge in [0.2, 0.25) is 0 Å². The molecule has 25 heavy (non-hydrogen) atoms. The summed E-state index contributed by atoms with van der Waals surface area (Å²) in [4.78, 5) is 12.5. The predicted octanol–water partition coefficient (Wildman–Crippen LogP) is 3.19. The number of halogens is 1. The van der Waals surface area contributed by atoms with Gasteiger partial charge in [0, 0.05) is 10.7 Å². The van der Waals surface area contributed by atoms with Crippen LogP contribution in [0.5, 0.6) is 0 Å². The van der Waals surface area contributed by atoms with Crippen LogP contribution in [0.15, 0.2) is 53.1 Å². The third kappa shape index (κ3) is 4.08. The number of nitrogens with one attached hydrogen (secondary N) is 1. The second-order valence-electron chi connectivity index (χ2n) is 5.96. The molecule has 0 aliphatic rings. The van der Waals surface area contributed by atoms with E-state index in [2.05, 4.69) is 38.5 Å². The summed E-state index contributed by atoms with van der Waals surface area (Å²) in [5.74, 6) is -0.270. The molecule has 0 bridgehead atoms. The minimum Gasteiger partial charge on any atom is -0.394 e. The summed E-state index contributed by atoms with van der Waals surface area (Å²) < 4.78 is 2.76. The van der Waals surface area contributed by atoms with Crippen molar-refractivity contribution in [3.05, 3.63) is 70.0 Å². The monoisotopic (exact) mass is 401 g/mol. The Hall–Kier alpha value is -2.18. The molecule has 0 spiro atoms. The highest BCUT2D eigenvalue weighted by Gasteiger charge is 2.15. The summed E-state index contributed by atoms with van der Waals surface area (Å²) in [6.45, 7) is 1.84. The summed E-state index contributed by atoms with van der Waals surface area (Å²) in [5, 5.41) is 16.5. The number of benzene rings is 1. The topological polar surface area (TPSA) is 66.6 Å². The third-order valence-corrected chi connectivity index (χ3v) is 4.70. The smallest absolute Gasteiger partial charge is 0.272 e. The molecule has 0 radical (unpaired) electrons. The van der Waals surface area contributed by atoms with Crippen LogP contribution in [0.1, 0.15) is 35.0 Å². The van der Waals surface area contributed by atoms with Gasteiger partial charge < -0.3 is 10.4 Å². The van der Waals surface area contributed by atoms with Crippen molar-refractivity contribution >= 4 is 27.4 Å². The van der Waals surface area contributed by atoms with Gasteiger partial charge in [-0.3, -0.25) is 4.79 Å². The number of carbonyl (C=O) groups excluding carboxylic acids is 1. The van der Waals surface area contributed by atoms with Crippen molar-refractivity contribution < 1.29 is 9.90 Å². The van der Waals surface area contributed by atoms with Crippen molar-refractivity contribution in [3.63, 3.8) is 0 Å². The molecule has 0 saturated heterocycles. The number of hydrogen-bond acceptors (Lipinski definition) is 3. The van der Waals surface area contributed by atoms with Crippen LogP contribution in [0.3, 0.4) is 0 Å². The standard InChI is InChI=1S/C19H20BrN3O2/c1-2-16(12-24)21-19(25)17-11-14(18-4-3-9-23(18)22-17)10-13-5-7-15(20)8-6-13/h3-9,11,16,24H,2,10,12H2,1H3,(H,21,25). The van der Waals surface area contributed by atoms with E-state index in [1.165, 1.54) is 0 Å². The summed E-state index contributed by atoms with van der Waals surface area (Å²) in [6, 6.07) is 13.6. The first-order chi connectivity index (χ1) is 12.1. The van der Waals surface area contributed by atoms with E-state index in [9.17, 15) is 9.90 Å².